The van der Waals surface area contributed by atoms with Crippen molar-refractivity contribution in [3.8, 4) is 0 Å². The number of allylic oxidation sites excluding steroid dienone is 1. The standard InChI is InChI=1S/C16H31N/c1-7-15-10-17(13(4)5)11-16(15)9-14(6)8-12(2)3/h12-13,15-16H,6-11H2,1-5H3. The summed E-state index contributed by atoms with van der Waals surface area (Å²) in [6.45, 7) is 18.4. The van der Waals surface area contributed by atoms with Crippen LogP contribution in [0.5, 0.6) is 0 Å². The van der Waals surface area contributed by atoms with Crippen molar-refractivity contribution in [3.05, 3.63) is 12.2 Å². The quantitative estimate of drug-likeness (QED) is 0.621. The molecule has 1 heteroatoms. The third-order valence-electron chi connectivity index (χ3n) is 4.11. The van der Waals surface area contributed by atoms with E-state index in [0.29, 0.717) is 6.04 Å². The van der Waals surface area contributed by atoms with Gasteiger partial charge in [-0.1, -0.05) is 39.3 Å². The Hall–Kier alpha value is -0.300. The molecular weight excluding hydrogens is 206 g/mol. The minimum absolute atomic E-state index is 0.701. The van der Waals surface area contributed by atoms with E-state index in [1.165, 1.54) is 37.9 Å². The summed E-state index contributed by atoms with van der Waals surface area (Å²) in [6.07, 6.45) is 3.78. The van der Waals surface area contributed by atoms with E-state index in [0.717, 1.165) is 17.8 Å². The molecule has 0 radical (unpaired) electrons. The van der Waals surface area contributed by atoms with E-state index in [1.807, 2.05) is 0 Å². The van der Waals surface area contributed by atoms with E-state index in [1.54, 1.807) is 0 Å². The van der Waals surface area contributed by atoms with Gasteiger partial charge in [0.05, 0.1) is 0 Å². The van der Waals surface area contributed by atoms with Crippen LogP contribution in [-0.2, 0) is 0 Å². The molecule has 0 aromatic carbocycles. The smallest absolute Gasteiger partial charge is 0.00388 e. The molecule has 1 rings (SSSR count). The van der Waals surface area contributed by atoms with E-state index < -0.39 is 0 Å². The Morgan fingerprint density at radius 3 is 2.24 bits per heavy atom. The first kappa shape index (κ1) is 14.8. The van der Waals surface area contributed by atoms with Gasteiger partial charge < -0.3 is 4.90 Å². The number of rotatable bonds is 6. The Kier molecular flexibility index (Phi) is 5.72. The van der Waals surface area contributed by atoms with Gasteiger partial charge in [-0.15, -0.1) is 0 Å². The van der Waals surface area contributed by atoms with Gasteiger partial charge in [0.2, 0.25) is 0 Å². The third kappa shape index (κ3) is 4.46. The summed E-state index contributed by atoms with van der Waals surface area (Å²) >= 11 is 0. The fourth-order valence-corrected chi connectivity index (χ4v) is 3.12. The van der Waals surface area contributed by atoms with E-state index in [9.17, 15) is 0 Å². The third-order valence-corrected chi connectivity index (χ3v) is 4.11. The maximum Gasteiger partial charge on any atom is 0.00388 e. The molecule has 0 aliphatic carbocycles. The molecule has 1 saturated heterocycles. The van der Waals surface area contributed by atoms with Crippen LogP contribution in [0.2, 0.25) is 0 Å². The SMILES string of the molecule is C=C(CC(C)C)CC1CN(C(C)C)CC1CC. The lowest BCUT2D eigenvalue weighted by molar-refractivity contribution is 0.260. The maximum absolute atomic E-state index is 4.28. The van der Waals surface area contributed by atoms with Gasteiger partial charge in [-0.2, -0.15) is 0 Å². The van der Waals surface area contributed by atoms with Crippen LogP contribution < -0.4 is 0 Å². The predicted octanol–water partition coefficient (Wildman–Crippen LogP) is 4.35. The number of nitrogens with zero attached hydrogens (tertiary/aromatic N) is 1. The molecule has 1 nitrogen and oxygen atoms in total. The largest absolute Gasteiger partial charge is 0.300 e. The first-order valence-electron chi connectivity index (χ1n) is 7.34. The Morgan fingerprint density at radius 1 is 1.18 bits per heavy atom. The fourth-order valence-electron chi connectivity index (χ4n) is 3.12. The van der Waals surface area contributed by atoms with Crippen LogP contribution >= 0.6 is 0 Å². The normalized spacial score (nSPS) is 26.1. The number of hydrogen-bond acceptors (Lipinski definition) is 1. The molecule has 0 aromatic rings. The van der Waals surface area contributed by atoms with Crippen molar-refractivity contribution in [1.82, 2.24) is 4.90 Å². The molecule has 0 aromatic heterocycles. The molecule has 1 fully saturated rings. The summed E-state index contributed by atoms with van der Waals surface area (Å²) in [7, 11) is 0. The van der Waals surface area contributed by atoms with Gasteiger partial charge >= 0.3 is 0 Å². The molecule has 17 heavy (non-hydrogen) atoms. The number of likely N-dealkylation sites (tertiary alicyclic amines) is 1. The van der Waals surface area contributed by atoms with Crippen molar-refractivity contribution in [2.75, 3.05) is 13.1 Å². The van der Waals surface area contributed by atoms with Crippen molar-refractivity contribution in [3.63, 3.8) is 0 Å². The van der Waals surface area contributed by atoms with E-state index >= 15 is 0 Å². The molecule has 0 bridgehead atoms. The van der Waals surface area contributed by atoms with Crippen LogP contribution in [0.1, 0.15) is 53.9 Å². The van der Waals surface area contributed by atoms with Gasteiger partial charge in [0.1, 0.15) is 0 Å². The average molecular weight is 237 g/mol. The van der Waals surface area contributed by atoms with Gasteiger partial charge in [-0.05, 0) is 44.4 Å². The van der Waals surface area contributed by atoms with Gasteiger partial charge in [-0.3, -0.25) is 0 Å². The minimum Gasteiger partial charge on any atom is -0.300 e. The van der Waals surface area contributed by atoms with Crippen molar-refractivity contribution in [2.45, 2.75) is 59.9 Å². The minimum atomic E-state index is 0.701. The molecule has 1 aliphatic heterocycles. The van der Waals surface area contributed by atoms with Crippen LogP contribution in [0.3, 0.4) is 0 Å². The Morgan fingerprint density at radius 2 is 1.76 bits per heavy atom. The highest BCUT2D eigenvalue weighted by atomic mass is 15.2. The Bertz CT molecular complexity index is 242. The zero-order chi connectivity index (χ0) is 13.0. The van der Waals surface area contributed by atoms with E-state index in [4.69, 9.17) is 0 Å². The molecular formula is C16H31N. The number of hydrogen-bond donors (Lipinski definition) is 0. The molecule has 0 N–H and O–H groups in total. The predicted molar refractivity (Wildman–Crippen MR) is 77.2 cm³/mol. The van der Waals surface area contributed by atoms with Crippen molar-refractivity contribution in [2.24, 2.45) is 17.8 Å². The van der Waals surface area contributed by atoms with E-state index in [-0.39, 0.29) is 0 Å². The van der Waals surface area contributed by atoms with Crippen LogP contribution in [0.15, 0.2) is 12.2 Å². The Balaban J connectivity index is 2.49. The van der Waals surface area contributed by atoms with Gasteiger partial charge in [0.15, 0.2) is 0 Å². The van der Waals surface area contributed by atoms with Crippen LogP contribution in [0.25, 0.3) is 0 Å². The van der Waals surface area contributed by atoms with Gasteiger partial charge in [0, 0.05) is 19.1 Å². The highest BCUT2D eigenvalue weighted by Crippen LogP contribution is 2.33. The van der Waals surface area contributed by atoms with Crippen LogP contribution in [0.4, 0.5) is 0 Å². The molecule has 1 heterocycles. The monoisotopic (exact) mass is 237 g/mol. The second kappa shape index (κ2) is 6.58. The molecule has 0 spiro atoms. The van der Waals surface area contributed by atoms with Crippen molar-refractivity contribution >= 4 is 0 Å². The highest BCUT2D eigenvalue weighted by Gasteiger charge is 2.32. The first-order chi connectivity index (χ1) is 7.93. The molecule has 1 aliphatic rings. The highest BCUT2D eigenvalue weighted by molar-refractivity contribution is 5.00. The Labute approximate surface area is 108 Å². The maximum atomic E-state index is 4.28. The second-order valence-electron chi connectivity index (χ2n) is 6.53. The summed E-state index contributed by atoms with van der Waals surface area (Å²) in [5.41, 5.74) is 1.47. The van der Waals surface area contributed by atoms with Crippen LogP contribution in [-0.4, -0.2) is 24.0 Å². The molecule has 2 atom stereocenters. The van der Waals surface area contributed by atoms with Crippen LogP contribution in [0, 0.1) is 17.8 Å². The lowest BCUT2D eigenvalue weighted by atomic mass is 9.86. The van der Waals surface area contributed by atoms with Crippen molar-refractivity contribution < 1.29 is 0 Å². The van der Waals surface area contributed by atoms with E-state index in [2.05, 4.69) is 46.1 Å². The summed E-state index contributed by atoms with van der Waals surface area (Å²) in [6, 6.07) is 0.701. The van der Waals surface area contributed by atoms with Crippen molar-refractivity contribution in [1.29, 1.82) is 0 Å². The molecule has 2 unspecified atom stereocenters. The second-order valence-corrected chi connectivity index (χ2v) is 6.53. The topological polar surface area (TPSA) is 3.24 Å². The summed E-state index contributed by atoms with van der Waals surface area (Å²) in [4.78, 5) is 2.64. The molecule has 0 amide bonds. The summed E-state index contributed by atoms with van der Waals surface area (Å²) in [5, 5.41) is 0. The molecule has 100 valence electrons. The lowest BCUT2D eigenvalue weighted by Crippen LogP contribution is -2.28. The zero-order valence-corrected chi connectivity index (χ0v) is 12.5. The summed E-state index contributed by atoms with van der Waals surface area (Å²) < 4.78 is 0. The molecule has 0 saturated carbocycles. The summed E-state index contributed by atoms with van der Waals surface area (Å²) in [5.74, 6) is 2.50. The van der Waals surface area contributed by atoms with Gasteiger partial charge in [0.25, 0.3) is 0 Å². The zero-order valence-electron chi connectivity index (χ0n) is 12.5. The first-order valence-corrected chi connectivity index (χ1v) is 7.34. The fraction of sp³-hybridized carbons (Fsp3) is 0.875. The average Bonchev–Trinajstić information content (AvgIpc) is 2.59. The van der Waals surface area contributed by atoms with Gasteiger partial charge in [-0.25, -0.2) is 0 Å². The lowest BCUT2D eigenvalue weighted by Gasteiger charge is -2.20.